The minimum absolute atomic E-state index is 0.0451. The fraction of sp³-hybridized carbons (Fsp3) is 0.571. The molecule has 1 fully saturated rings. The molecule has 88 valence electrons. The van der Waals surface area contributed by atoms with Crippen molar-refractivity contribution >= 4 is 15.9 Å². The Labute approximate surface area is 107 Å². The first-order chi connectivity index (χ1) is 7.57. The van der Waals surface area contributed by atoms with Crippen molar-refractivity contribution in [3.05, 3.63) is 33.8 Å². The summed E-state index contributed by atoms with van der Waals surface area (Å²) in [4.78, 5) is 0. The van der Waals surface area contributed by atoms with Crippen molar-refractivity contribution in [1.29, 1.82) is 0 Å². The van der Waals surface area contributed by atoms with Crippen LogP contribution in [-0.4, -0.2) is 0 Å². The van der Waals surface area contributed by atoms with E-state index in [0.717, 1.165) is 12.8 Å². The van der Waals surface area contributed by atoms with E-state index in [1.54, 1.807) is 0 Å². The van der Waals surface area contributed by atoms with Crippen molar-refractivity contribution in [2.75, 3.05) is 0 Å². The standard InChI is InChI=1S/C14H20BrN/c1-3-10(2)12-6-5-11(9-13(12)15)14(16)7-4-8-14/h5-6,9-10H,3-4,7-8,16H2,1-2H3. The molecular formula is C14H20BrN. The van der Waals surface area contributed by atoms with Gasteiger partial charge in [0, 0.05) is 10.0 Å². The Kier molecular flexibility index (Phi) is 3.41. The number of hydrogen-bond acceptors (Lipinski definition) is 1. The normalized spacial score (nSPS) is 20.2. The average molecular weight is 282 g/mol. The van der Waals surface area contributed by atoms with Gasteiger partial charge in [0.15, 0.2) is 0 Å². The highest BCUT2D eigenvalue weighted by molar-refractivity contribution is 9.10. The highest BCUT2D eigenvalue weighted by atomic mass is 79.9. The number of halogens is 1. The van der Waals surface area contributed by atoms with Crippen molar-refractivity contribution in [3.63, 3.8) is 0 Å². The summed E-state index contributed by atoms with van der Waals surface area (Å²) in [6.45, 7) is 4.49. The van der Waals surface area contributed by atoms with Crippen molar-refractivity contribution in [2.24, 2.45) is 5.73 Å². The van der Waals surface area contributed by atoms with E-state index in [2.05, 4.69) is 48.0 Å². The zero-order valence-electron chi connectivity index (χ0n) is 10.1. The molecule has 0 saturated heterocycles. The van der Waals surface area contributed by atoms with Crippen LogP contribution in [0.5, 0.6) is 0 Å². The summed E-state index contributed by atoms with van der Waals surface area (Å²) in [5.74, 6) is 0.610. The molecule has 1 unspecified atom stereocenters. The van der Waals surface area contributed by atoms with Gasteiger partial charge >= 0.3 is 0 Å². The molecule has 0 aromatic heterocycles. The van der Waals surface area contributed by atoms with Crippen LogP contribution in [0.1, 0.15) is 56.6 Å². The smallest absolute Gasteiger partial charge is 0.0410 e. The summed E-state index contributed by atoms with van der Waals surface area (Å²) >= 11 is 3.68. The quantitative estimate of drug-likeness (QED) is 0.878. The third-order valence-corrected chi connectivity index (χ3v) is 4.65. The lowest BCUT2D eigenvalue weighted by molar-refractivity contribution is 0.253. The van der Waals surface area contributed by atoms with Crippen LogP contribution in [0.3, 0.4) is 0 Å². The molecule has 2 rings (SSSR count). The Morgan fingerprint density at radius 1 is 1.44 bits per heavy atom. The molecule has 0 radical (unpaired) electrons. The molecule has 0 amide bonds. The molecule has 1 aliphatic rings. The lowest BCUT2D eigenvalue weighted by Crippen LogP contribution is -2.43. The van der Waals surface area contributed by atoms with Crippen LogP contribution in [-0.2, 0) is 5.54 Å². The lowest BCUT2D eigenvalue weighted by atomic mass is 9.72. The highest BCUT2D eigenvalue weighted by Gasteiger charge is 2.34. The Morgan fingerprint density at radius 3 is 2.56 bits per heavy atom. The Balaban J connectivity index is 2.29. The number of benzene rings is 1. The Bertz CT molecular complexity index is 382. The van der Waals surface area contributed by atoms with E-state index in [1.165, 1.54) is 28.4 Å². The minimum Gasteiger partial charge on any atom is -0.321 e. The third-order valence-electron chi connectivity index (χ3n) is 3.96. The maximum Gasteiger partial charge on any atom is 0.0410 e. The summed E-state index contributed by atoms with van der Waals surface area (Å²) in [7, 11) is 0. The number of rotatable bonds is 3. The molecule has 2 N–H and O–H groups in total. The Hall–Kier alpha value is -0.340. The van der Waals surface area contributed by atoms with E-state index in [1.807, 2.05) is 0 Å². The summed E-state index contributed by atoms with van der Waals surface area (Å²) in [6.07, 6.45) is 4.69. The zero-order valence-corrected chi connectivity index (χ0v) is 11.7. The van der Waals surface area contributed by atoms with E-state index in [-0.39, 0.29) is 5.54 Å². The molecule has 1 atom stereocenters. The first-order valence-electron chi connectivity index (χ1n) is 6.15. The Morgan fingerprint density at radius 2 is 2.12 bits per heavy atom. The first-order valence-corrected chi connectivity index (χ1v) is 6.95. The zero-order chi connectivity index (χ0) is 11.8. The minimum atomic E-state index is -0.0451. The van der Waals surface area contributed by atoms with Crippen molar-refractivity contribution in [1.82, 2.24) is 0 Å². The lowest BCUT2D eigenvalue weighted by Gasteiger charge is -2.39. The monoisotopic (exact) mass is 281 g/mol. The topological polar surface area (TPSA) is 26.0 Å². The number of nitrogens with two attached hydrogens (primary N) is 1. The van der Waals surface area contributed by atoms with Crippen LogP contribution in [0, 0.1) is 0 Å². The van der Waals surface area contributed by atoms with Gasteiger partial charge in [-0.1, -0.05) is 41.9 Å². The molecule has 1 aliphatic carbocycles. The molecule has 0 bridgehead atoms. The molecule has 1 saturated carbocycles. The maximum atomic E-state index is 6.33. The molecule has 0 aliphatic heterocycles. The predicted molar refractivity (Wildman–Crippen MR) is 72.6 cm³/mol. The molecular weight excluding hydrogens is 262 g/mol. The molecule has 2 heteroatoms. The van der Waals surface area contributed by atoms with Gasteiger partial charge in [-0.05, 0) is 48.8 Å². The fourth-order valence-corrected chi connectivity index (χ4v) is 3.07. The van der Waals surface area contributed by atoms with Crippen LogP contribution in [0.25, 0.3) is 0 Å². The fourth-order valence-electron chi connectivity index (χ4n) is 2.30. The van der Waals surface area contributed by atoms with Gasteiger partial charge in [-0.25, -0.2) is 0 Å². The van der Waals surface area contributed by atoms with Crippen LogP contribution in [0.4, 0.5) is 0 Å². The maximum absolute atomic E-state index is 6.33. The summed E-state index contributed by atoms with van der Waals surface area (Å²) in [5, 5.41) is 0. The van der Waals surface area contributed by atoms with E-state index in [4.69, 9.17) is 5.73 Å². The highest BCUT2D eigenvalue weighted by Crippen LogP contribution is 2.40. The van der Waals surface area contributed by atoms with Crippen molar-refractivity contribution in [3.8, 4) is 0 Å². The van der Waals surface area contributed by atoms with Gasteiger partial charge in [0.1, 0.15) is 0 Å². The predicted octanol–water partition coefficient (Wildman–Crippen LogP) is 4.30. The summed E-state index contributed by atoms with van der Waals surface area (Å²) in [6, 6.07) is 6.67. The third kappa shape index (κ3) is 2.05. The molecule has 1 nitrogen and oxygen atoms in total. The van der Waals surface area contributed by atoms with Gasteiger partial charge in [0.25, 0.3) is 0 Å². The van der Waals surface area contributed by atoms with E-state index in [9.17, 15) is 0 Å². The molecule has 0 heterocycles. The molecule has 1 aromatic carbocycles. The van der Waals surface area contributed by atoms with Gasteiger partial charge < -0.3 is 5.73 Å². The van der Waals surface area contributed by atoms with Crippen molar-refractivity contribution < 1.29 is 0 Å². The second-order valence-electron chi connectivity index (χ2n) is 5.06. The van der Waals surface area contributed by atoms with E-state index >= 15 is 0 Å². The van der Waals surface area contributed by atoms with Crippen LogP contribution >= 0.6 is 15.9 Å². The van der Waals surface area contributed by atoms with Gasteiger partial charge in [0.2, 0.25) is 0 Å². The largest absolute Gasteiger partial charge is 0.321 e. The van der Waals surface area contributed by atoms with Crippen LogP contribution < -0.4 is 5.73 Å². The van der Waals surface area contributed by atoms with Crippen LogP contribution in [0.15, 0.2) is 22.7 Å². The average Bonchev–Trinajstić information content (AvgIpc) is 2.24. The van der Waals surface area contributed by atoms with Crippen LogP contribution in [0.2, 0.25) is 0 Å². The SMILES string of the molecule is CCC(C)c1ccc(C2(N)CCC2)cc1Br. The van der Waals surface area contributed by atoms with Crippen molar-refractivity contribution in [2.45, 2.75) is 51.0 Å². The second-order valence-corrected chi connectivity index (χ2v) is 5.91. The molecule has 16 heavy (non-hydrogen) atoms. The van der Waals surface area contributed by atoms with Gasteiger partial charge in [-0.2, -0.15) is 0 Å². The van der Waals surface area contributed by atoms with E-state index in [0.29, 0.717) is 5.92 Å². The summed E-state index contributed by atoms with van der Waals surface area (Å²) < 4.78 is 1.22. The molecule has 0 spiro atoms. The van der Waals surface area contributed by atoms with Gasteiger partial charge in [0.05, 0.1) is 0 Å². The van der Waals surface area contributed by atoms with Gasteiger partial charge in [-0.15, -0.1) is 0 Å². The first kappa shape index (κ1) is 12.1. The molecule has 1 aromatic rings. The second kappa shape index (κ2) is 4.50. The van der Waals surface area contributed by atoms with E-state index < -0.39 is 0 Å². The summed E-state index contributed by atoms with van der Waals surface area (Å²) in [5.41, 5.74) is 8.97. The number of hydrogen-bond donors (Lipinski definition) is 1. The van der Waals surface area contributed by atoms with Gasteiger partial charge in [-0.3, -0.25) is 0 Å².